The zero-order valence-corrected chi connectivity index (χ0v) is 30.0. The number of hydrogen-bond donors (Lipinski definition) is 0. The summed E-state index contributed by atoms with van der Waals surface area (Å²) in [6.07, 6.45) is 0. The SMILES string of the molecule is c1ccc(-c2c3ccc(-c4ccc5ccccc5c4)cc3c(-c3ccccc3)c3cc(-c4cccc5c4oc4c(-c6ccccc6)cccc45)ccc23)cc1. The van der Waals surface area contributed by atoms with Crippen LogP contribution in [0.25, 0.3) is 110 Å². The van der Waals surface area contributed by atoms with Crippen molar-refractivity contribution in [3.05, 3.63) is 206 Å². The highest BCUT2D eigenvalue weighted by Crippen LogP contribution is 2.47. The van der Waals surface area contributed by atoms with Crippen LogP contribution < -0.4 is 0 Å². The highest BCUT2D eigenvalue weighted by atomic mass is 16.3. The van der Waals surface area contributed by atoms with Crippen molar-refractivity contribution < 1.29 is 4.42 Å². The summed E-state index contributed by atoms with van der Waals surface area (Å²) in [7, 11) is 0. The van der Waals surface area contributed by atoms with Gasteiger partial charge < -0.3 is 4.42 Å². The predicted molar refractivity (Wildman–Crippen MR) is 233 cm³/mol. The molecular formula is C54H34O. The Hall–Kier alpha value is -7.22. The van der Waals surface area contributed by atoms with Crippen molar-refractivity contribution in [1.82, 2.24) is 0 Å². The Morgan fingerprint density at radius 2 is 0.691 bits per heavy atom. The number of furan rings is 1. The fourth-order valence-electron chi connectivity index (χ4n) is 8.67. The smallest absolute Gasteiger partial charge is 0.143 e. The predicted octanol–water partition coefficient (Wildman–Crippen LogP) is 15.4. The van der Waals surface area contributed by atoms with Gasteiger partial charge in [-0.1, -0.05) is 188 Å². The maximum absolute atomic E-state index is 6.91. The number of hydrogen-bond acceptors (Lipinski definition) is 1. The van der Waals surface area contributed by atoms with Gasteiger partial charge in [0.25, 0.3) is 0 Å². The van der Waals surface area contributed by atoms with Crippen LogP contribution in [0.3, 0.4) is 0 Å². The first kappa shape index (κ1) is 31.3. The largest absolute Gasteiger partial charge is 0.455 e. The highest BCUT2D eigenvalue weighted by molar-refractivity contribution is 6.23. The molecule has 0 saturated carbocycles. The minimum atomic E-state index is 0.907. The van der Waals surface area contributed by atoms with Gasteiger partial charge in [0, 0.05) is 21.9 Å². The van der Waals surface area contributed by atoms with Crippen LogP contribution in [0.1, 0.15) is 0 Å². The Morgan fingerprint density at radius 1 is 0.236 bits per heavy atom. The molecule has 11 aromatic rings. The molecule has 1 nitrogen and oxygen atoms in total. The van der Waals surface area contributed by atoms with Crippen LogP contribution in [-0.2, 0) is 0 Å². The Bertz CT molecular complexity index is 3230. The lowest BCUT2D eigenvalue weighted by atomic mass is 9.83. The van der Waals surface area contributed by atoms with Crippen molar-refractivity contribution in [3.63, 3.8) is 0 Å². The van der Waals surface area contributed by atoms with E-state index in [4.69, 9.17) is 4.42 Å². The van der Waals surface area contributed by atoms with E-state index in [9.17, 15) is 0 Å². The van der Waals surface area contributed by atoms with E-state index in [2.05, 4.69) is 206 Å². The summed E-state index contributed by atoms with van der Waals surface area (Å²) in [5.41, 5.74) is 13.6. The minimum absolute atomic E-state index is 0.907. The van der Waals surface area contributed by atoms with E-state index in [0.717, 1.165) is 44.2 Å². The molecule has 1 aromatic heterocycles. The molecule has 0 atom stereocenters. The molecule has 11 rings (SSSR count). The molecule has 0 aliphatic heterocycles. The fraction of sp³-hybridized carbons (Fsp3) is 0. The van der Waals surface area contributed by atoms with E-state index >= 15 is 0 Å². The molecule has 0 aliphatic rings. The van der Waals surface area contributed by atoms with Crippen LogP contribution in [0.15, 0.2) is 211 Å². The van der Waals surface area contributed by atoms with Crippen LogP contribution in [0.5, 0.6) is 0 Å². The third-order valence-corrected chi connectivity index (χ3v) is 11.2. The Kier molecular flexibility index (Phi) is 7.25. The maximum atomic E-state index is 6.91. The van der Waals surface area contributed by atoms with Crippen LogP contribution in [0.2, 0.25) is 0 Å². The summed E-state index contributed by atoms with van der Waals surface area (Å²) in [6, 6.07) is 74.7. The van der Waals surface area contributed by atoms with E-state index in [1.54, 1.807) is 0 Å². The average Bonchev–Trinajstić information content (AvgIpc) is 3.65. The standard InChI is InChI=1S/C54H34O/c1-4-15-36(16-5-1)43-22-12-24-47-48-25-13-23-44(54(48)55-53(43)47)42-29-31-46-50(34-42)52(38-19-8-3-9-20-38)49-33-41(40-27-26-35-14-10-11-21-39(35)32-40)28-30-45(49)51(46)37-17-6-2-7-18-37/h1-34H. The molecule has 0 bridgehead atoms. The zero-order valence-electron chi connectivity index (χ0n) is 30.0. The highest BCUT2D eigenvalue weighted by Gasteiger charge is 2.20. The van der Waals surface area contributed by atoms with E-state index < -0.39 is 0 Å². The van der Waals surface area contributed by atoms with Crippen molar-refractivity contribution in [1.29, 1.82) is 0 Å². The summed E-state index contributed by atoms with van der Waals surface area (Å²) < 4.78 is 6.91. The Morgan fingerprint density at radius 3 is 1.31 bits per heavy atom. The van der Waals surface area contributed by atoms with Crippen LogP contribution in [0, 0.1) is 0 Å². The van der Waals surface area contributed by atoms with Gasteiger partial charge in [-0.25, -0.2) is 0 Å². The van der Waals surface area contributed by atoms with Gasteiger partial charge in [0.05, 0.1) is 0 Å². The lowest BCUT2D eigenvalue weighted by Crippen LogP contribution is -1.92. The first-order valence-electron chi connectivity index (χ1n) is 18.9. The first-order chi connectivity index (χ1) is 27.3. The van der Waals surface area contributed by atoms with Gasteiger partial charge in [-0.3, -0.25) is 0 Å². The van der Waals surface area contributed by atoms with Crippen LogP contribution in [-0.4, -0.2) is 0 Å². The average molecular weight is 699 g/mol. The molecule has 0 aliphatic carbocycles. The quantitative estimate of drug-likeness (QED) is 0.163. The van der Waals surface area contributed by atoms with Gasteiger partial charge in [-0.2, -0.15) is 0 Å². The van der Waals surface area contributed by atoms with E-state index in [1.807, 2.05) is 0 Å². The second-order valence-corrected chi connectivity index (χ2v) is 14.4. The minimum Gasteiger partial charge on any atom is -0.455 e. The molecule has 0 N–H and O–H groups in total. The van der Waals surface area contributed by atoms with Crippen LogP contribution in [0.4, 0.5) is 0 Å². The second kappa shape index (κ2) is 12.7. The van der Waals surface area contributed by atoms with Gasteiger partial charge in [-0.15, -0.1) is 0 Å². The molecule has 55 heavy (non-hydrogen) atoms. The molecule has 10 aromatic carbocycles. The van der Waals surface area contributed by atoms with Gasteiger partial charge in [0.1, 0.15) is 11.2 Å². The molecule has 1 heterocycles. The first-order valence-corrected chi connectivity index (χ1v) is 18.9. The number of benzene rings is 10. The van der Waals surface area contributed by atoms with Gasteiger partial charge in [0.15, 0.2) is 0 Å². The normalized spacial score (nSPS) is 11.6. The summed E-state index contributed by atoms with van der Waals surface area (Å²) in [6.45, 7) is 0. The van der Waals surface area contributed by atoms with Gasteiger partial charge in [-0.05, 0) is 95.0 Å². The lowest BCUT2D eigenvalue weighted by Gasteiger charge is -2.20. The Labute approximate surface area is 319 Å². The number of fused-ring (bicyclic) bond motifs is 6. The summed E-state index contributed by atoms with van der Waals surface area (Å²) in [5, 5.41) is 9.65. The summed E-state index contributed by atoms with van der Waals surface area (Å²) >= 11 is 0. The van der Waals surface area contributed by atoms with E-state index in [-0.39, 0.29) is 0 Å². The zero-order chi connectivity index (χ0) is 36.3. The fourth-order valence-corrected chi connectivity index (χ4v) is 8.67. The van der Waals surface area contributed by atoms with Crippen molar-refractivity contribution in [2.45, 2.75) is 0 Å². The molecule has 0 amide bonds. The van der Waals surface area contributed by atoms with Crippen molar-refractivity contribution >= 4 is 54.3 Å². The number of rotatable bonds is 5. The van der Waals surface area contributed by atoms with Crippen molar-refractivity contribution in [3.8, 4) is 55.6 Å². The lowest BCUT2D eigenvalue weighted by molar-refractivity contribution is 0.671. The topological polar surface area (TPSA) is 13.1 Å². The van der Waals surface area contributed by atoms with Gasteiger partial charge >= 0.3 is 0 Å². The number of para-hydroxylation sites is 2. The molecule has 1 heteroatoms. The molecule has 0 radical (unpaired) electrons. The molecule has 0 saturated heterocycles. The van der Waals surface area contributed by atoms with Gasteiger partial charge in [0.2, 0.25) is 0 Å². The van der Waals surface area contributed by atoms with Crippen LogP contribution >= 0.6 is 0 Å². The molecular weight excluding hydrogens is 665 g/mol. The van der Waals surface area contributed by atoms with E-state index in [1.165, 1.54) is 65.7 Å². The summed E-state index contributed by atoms with van der Waals surface area (Å²) in [4.78, 5) is 0. The third kappa shape index (κ3) is 5.16. The molecule has 0 spiro atoms. The molecule has 0 unspecified atom stereocenters. The van der Waals surface area contributed by atoms with Crippen molar-refractivity contribution in [2.75, 3.05) is 0 Å². The van der Waals surface area contributed by atoms with E-state index in [0.29, 0.717) is 0 Å². The molecule has 0 fully saturated rings. The summed E-state index contributed by atoms with van der Waals surface area (Å²) in [5.74, 6) is 0. The van der Waals surface area contributed by atoms with Crippen molar-refractivity contribution in [2.24, 2.45) is 0 Å². The monoisotopic (exact) mass is 698 g/mol. The Balaban J connectivity index is 1.21. The third-order valence-electron chi connectivity index (χ3n) is 11.2. The second-order valence-electron chi connectivity index (χ2n) is 14.4. The maximum Gasteiger partial charge on any atom is 0.143 e. The molecule has 256 valence electrons.